The quantitative estimate of drug-likeness (QED) is 0.856. The Kier molecular flexibility index (Phi) is 2.34. The zero-order valence-electron chi connectivity index (χ0n) is 8.46. The van der Waals surface area contributed by atoms with Crippen LogP contribution in [0.5, 0.6) is 5.75 Å². The number of hydrogen-bond donors (Lipinski definition) is 1. The standard InChI is InChI=1S/C11H10N2O2S/c14-10(9-6-12-16-13-9)8-3-1-2-7-4-5-15-11(7)8/h1-3,6,10,14H,4-5H2. The molecule has 0 saturated heterocycles. The molecule has 0 bridgehead atoms. The molecular formula is C11H10N2O2S. The van der Waals surface area contributed by atoms with Crippen molar-refractivity contribution in [1.29, 1.82) is 0 Å². The average Bonchev–Trinajstić information content (AvgIpc) is 2.98. The van der Waals surface area contributed by atoms with Crippen LogP contribution in [0.15, 0.2) is 24.4 Å². The summed E-state index contributed by atoms with van der Waals surface area (Å²) in [5, 5.41) is 10.2. The van der Waals surface area contributed by atoms with Gasteiger partial charge in [-0.1, -0.05) is 18.2 Å². The van der Waals surface area contributed by atoms with E-state index < -0.39 is 6.10 Å². The summed E-state index contributed by atoms with van der Waals surface area (Å²) < 4.78 is 13.5. The Morgan fingerprint density at radius 3 is 3.19 bits per heavy atom. The number of fused-ring (bicyclic) bond motifs is 1. The van der Waals surface area contributed by atoms with Gasteiger partial charge in [0.2, 0.25) is 0 Å². The van der Waals surface area contributed by atoms with Crippen LogP contribution in [-0.4, -0.2) is 20.5 Å². The number of nitrogens with zero attached hydrogens (tertiary/aromatic N) is 2. The lowest BCUT2D eigenvalue weighted by molar-refractivity contribution is 0.210. The van der Waals surface area contributed by atoms with Crippen molar-refractivity contribution in [2.24, 2.45) is 0 Å². The maximum atomic E-state index is 10.2. The molecule has 0 amide bonds. The second-order valence-electron chi connectivity index (χ2n) is 3.67. The third kappa shape index (κ3) is 1.48. The van der Waals surface area contributed by atoms with Crippen LogP contribution in [0.2, 0.25) is 0 Å². The fourth-order valence-electron chi connectivity index (χ4n) is 1.91. The summed E-state index contributed by atoms with van der Waals surface area (Å²) in [6.45, 7) is 0.689. The van der Waals surface area contributed by atoms with Gasteiger partial charge in [-0.15, -0.1) is 0 Å². The average molecular weight is 234 g/mol. The number of para-hydroxylation sites is 1. The molecule has 82 valence electrons. The molecule has 1 aliphatic heterocycles. The van der Waals surface area contributed by atoms with Crippen LogP contribution < -0.4 is 4.74 Å². The molecular weight excluding hydrogens is 224 g/mol. The van der Waals surface area contributed by atoms with Gasteiger partial charge in [0.1, 0.15) is 17.5 Å². The van der Waals surface area contributed by atoms with E-state index in [9.17, 15) is 5.11 Å². The molecule has 2 aromatic rings. The van der Waals surface area contributed by atoms with Crippen molar-refractivity contribution in [2.75, 3.05) is 6.61 Å². The lowest BCUT2D eigenvalue weighted by Crippen LogP contribution is -2.02. The zero-order chi connectivity index (χ0) is 11.0. The maximum Gasteiger partial charge on any atom is 0.128 e. The van der Waals surface area contributed by atoms with Gasteiger partial charge >= 0.3 is 0 Å². The molecule has 1 unspecified atom stereocenters. The lowest BCUT2D eigenvalue weighted by Gasteiger charge is -2.11. The smallest absolute Gasteiger partial charge is 0.128 e. The van der Waals surface area contributed by atoms with E-state index in [1.54, 1.807) is 6.20 Å². The number of rotatable bonds is 2. The van der Waals surface area contributed by atoms with Gasteiger partial charge in [0, 0.05) is 12.0 Å². The Balaban J connectivity index is 2.04. The minimum absolute atomic E-state index is 0.578. The molecule has 0 fully saturated rings. The van der Waals surface area contributed by atoms with Gasteiger partial charge in [0.25, 0.3) is 0 Å². The molecule has 1 aromatic heterocycles. The Hall–Kier alpha value is -1.46. The molecule has 5 heteroatoms. The van der Waals surface area contributed by atoms with Gasteiger partial charge < -0.3 is 9.84 Å². The van der Waals surface area contributed by atoms with Gasteiger partial charge in [-0.2, -0.15) is 8.75 Å². The van der Waals surface area contributed by atoms with Gasteiger partial charge in [0.15, 0.2) is 0 Å². The van der Waals surface area contributed by atoms with Crippen molar-refractivity contribution < 1.29 is 9.84 Å². The molecule has 2 heterocycles. The van der Waals surface area contributed by atoms with E-state index in [1.165, 1.54) is 0 Å². The number of aliphatic hydroxyl groups excluding tert-OH is 1. The fraction of sp³-hybridized carbons (Fsp3) is 0.273. The highest BCUT2D eigenvalue weighted by Gasteiger charge is 2.22. The first kappa shape index (κ1) is 9.74. The normalized spacial score (nSPS) is 15.6. The first-order valence-corrected chi connectivity index (χ1v) is 5.79. The highest BCUT2D eigenvalue weighted by molar-refractivity contribution is 6.99. The molecule has 1 aliphatic rings. The largest absolute Gasteiger partial charge is 0.493 e. The predicted molar refractivity (Wildman–Crippen MR) is 59.6 cm³/mol. The van der Waals surface area contributed by atoms with E-state index in [1.807, 2.05) is 18.2 Å². The number of aliphatic hydroxyl groups is 1. The molecule has 0 aliphatic carbocycles. The van der Waals surface area contributed by atoms with Gasteiger partial charge in [-0.05, 0) is 5.56 Å². The van der Waals surface area contributed by atoms with Crippen LogP contribution >= 0.6 is 11.7 Å². The van der Waals surface area contributed by atoms with Crippen LogP contribution in [0.25, 0.3) is 0 Å². The van der Waals surface area contributed by atoms with E-state index in [0.29, 0.717) is 12.3 Å². The minimum atomic E-state index is -0.744. The molecule has 1 atom stereocenters. The van der Waals surface area contributed by atoms with Crippen molar-refractivity contribution in [3.05, 3.63) is 41.2 Å². The minimum Gasteiger partial charge on any atom is -0.493 e. The van der Waals surface area contributed by atoms with Crippen molar-refractivity contribution in [3.8, 4) is 5.75 Å². The maximum absolute atomic E-state index is 10.2. The number of ether oxygens (including phenoxy) is 1. The molecule has 0 saturated carbocycles. The van der Waals surface area contributed by atoms with E-state index in [-0.39, 0.29) is 0 Å². The Morgan fingerprint density at radius 1 is 1.44 bits per heavy atom. The zero-order valence-corrected chi connectivity index (χ0v) is 9.28. The van der Waals surface area contributed by atoms with Crippen molar-refractivity contribution in [3.63, 3.8) is 0 Å². The lowest BCUT2D eigenvalue weighted by atomic mass is 10.0. The monoisotopic (exact) mass is 234 g/mol. The summed E-state index contributed by atoms with van der Waals surface area (Å²) in [5.41, 5.74) is 2.51. The van der Waals surface area contributed by atoms with Gasteiger partial charge in [-0.25, -0.2) is 0 Å². The third-order valence-electron chi connectivity index (χ3n) is 2.70. The summed E-state index contributed by atoms with van der Waals surface area (Å²) in [6, 6.07) is 5.83. The summed E-state index contributed by atoms with van der Waals surface area (Å²) >= 11 is 1.10. The van der Waals surface area contributed by atoms with E-state index in [2.05, 4.69) is 8.75 Å². The third-order valence-corrected chi connectivity index (χ3v) is 3.19. The van der Waals surface area contributed by atoms with Crippen LogP contribution in [0.3, 0.4) is 0 Å². The molecule has 1 N–H and O–H groups in total. The highest BCUT2D eigenvalue weighted by atomic mass is 32.1. The summed E-state index contributed by atoms with van der Waals surface area (Å²) in [5.74, 6) is 0.808. The predicted octanol–water partition coefficient (Wildman–Crippen LogP) is 1.55. The van der Waals surface area contributed by atoms with Crippen LogP contribution in [0.1, 0.15) is 22.9 Å². The fourth-order valence-corrected chi connectivity index (χ4v) is 2.35. The van der Waals surface area contributed by atoms with Crippen LogP contribution in [-0.2, 0) is 6.42 Å². The highest BCUT2D eigenvalue weighted by Crippen LogP contribution is 2.35. The van der Waals surface area contributed by atoms with E-state index >= 15 is 0 Å². The summed E-state index contributed by atoms with van der Waals surface area (Å²) in [6.07, 6.45) is 1.75. The Bertz CT molecular complexity index is 499. The van der Waals surface area contributed by atoms with Crippen molar-refractivity contribution in [2.45, 2.75) is 12.5 Å². The first-order valence-electron chi connectivity index (χ1n) is 5.06. The number of benzene rings is 1. The van der Waals surface area contributed by atoms with Gasteiger partial charge in [0.05, 0.1) is 24.5 Å². The molecule has 4 nitrogen and oxygen atoms in total. The summed E-state index contributed by atoms with van der Waals surface area (Å²) in [4.78, 5) is 0. The summed E-state index contributed by atoms with van der Waals surface area (Å²) in [7, 11) is 0. The second kappa shape index (κ2) is 3.84. The van der Waals surface area contributed by atoms with Crippen molar-refractivity contribution in [1.82, 2.24) is 8.75 Å². The van der Waals surface area contributed by atoms with Crippen LogP contribution in [0, 0.1) is 0 Å². The van der Waals surface area contributed by atoms with Crippen molar-refractivity contribution >= 4 is 11.7 Å². The number of hydrogen-bond acceptors (Lipinski definition) is 5. The molecule has 0 radical (unpaired) electrons. The first-order chi connectivity index (χ1) is 7.86. The molecule has 16 heavy (non-hydrogen) atoms. The molecule has 0 spiro atoms. The molecule has 3 rings (SSSR count). The molecule has 1 aromatic carbocycles. The van der Waals surface area contributed by atoms with E-state index in [0.717, 1.165) is 35.0 Å². The Labute approximate surface area is 96.8 Å². The topological polar surface area (TPSA) is 55.2 Å². The number of aromatic nitrogens is 2. The van der Waals surface area contributed by atoms with Crippen LogP contribution in [0.4, 0.5) is 0 Å². The SMILES string of the molecule is OC(c1cnsn1)c1cccc2c1OCC2. The second-order valence-corrected chi connectivity index (χ2v) is 4.23. The van der Waals surface area contributed by atoms with E-state index in [4.69, 9.17) is 4.74 Å². The van der Waals surface area contributed by atoms with Gasteiger partial charge in [-0.3, -0.25) is 0 Å². The Morgan fingerprint density at radius 2 is 2.38 bits per heavy atom.